The van der Waals surface area contributed by atoms with Crippen molar-refractivity contribution in [1.29, 1.82) is 0 Å². The van der Waals surface area contributed by atoms with E-state index in [2.05, 4.69) is 0 Å². The van der Waals surface area contributed by atoms with Crippen molar-refractivity contribution in [1.82, 2.24) is 0 Å². The fourth-order valence-corrected chi connectivity index (χ4v) is 2.38. The Morgan fingerprint density at radius 2 is 1.14 bits per heavy atom. The number of aliphatic hydroxyl groups excluding tert-OH is 1. The molecule has 1 heterocycles. The van der Waals surface area contributed by atoms with Crippen molar-refractivity contribution in [3.05, 3.63) is 60.7 Å². The monoisotopic (exact) mass is 282 g/mol. The number of aliphatic hydroxyl groups is 1. The van der Waals surface area contributed by atoms with Gasteiger partial charge in [-0.05, 0) is 24.3 Å². The van der Waals surface area contributed by atoms with Gasteiger partial charge in [-0.1, -0.05) is 36.4 Å². The average molecular weight is 282 g/mol. The SMILES string of the molecule is O=C1C(CO)C(=O)N(c2ccccc2)N1c1ccccc1. The highest BCUT2D eigenvalue weighted by atomic mass is 16.3. The molecule has 0 aromatic heterocycles. The largest absolute Gasteiger partial charge is 0.395 e. The van der Waals surface area contributed by atoms with Gasteiger partial charge in [-0.15, -0.1) is 0 Å². The van der Waals surface area contributed by atoms with Crippen LogP contribution in [0.2, 0.25) is 0 Å². The van der Waals surface area contributed by atoms with Gasteiger partial charge in [0.2, 0.25) is 0 Å². The lowest BCUT2D eigenvalue weighted by atomic mass is 10.1. The number of anilines is 2. The lowest BCUT2D eigenvalue weighted by Crippen LogP contribution is -2.41. The van der Waals surface area contributed by atoms with Crippen LogP contribution in [0.3, 0.4) is 0 Å². The quantitative estimate of drug-likeness (QED) is 0.870. The highest BCUT2D eigenvalue weighted by Gasteiger charge is 2.46. The molecule has 2 amide bonds. The third-order valence-corrected chi connectivity index (χ3v) is 3.40. The zero-order valence-corrected chi connectivity index (χ0v) is 11.2. The lowest BCUT2D eigenvalue weighted by Gasteiger charge is -2.27. The van der Waals surface area contributed by atoms with E-state index in [-0.39, 0.29) is 0 Å². The van der Waals surface area contributed by atoms with Crippen LogP contribution in [0.25, 0.3) is 0 Å². The Bertz CT molecular complexity index is 600. The summed E-state index contributed by atoms with van der Waals surface area (Å²) in [6.45, 7) is -0.496. The molecule has 106 valence electrons. The van der Waals surface area contributed by atoms with Crippen LogP contribution >= 0.6 is 0 Å². The Hall–Kier alpha value is -2.66. The standard InChI is InChI=1S/C16H14N2O3/c19-11-14-15(20)17(12-7-3-1-4-8-12)18(16(14)21)13-9-5-2-6-10-13/h1-10,14,19H,11H2. The first-order valence-electron chi connectivity index (χ1n) is 6.63. The highest BCUT2D eigenvalue weighted by molar-refractivity contribution is 6.23. The minimum Gasteiger partial charge on any atom is -0.395 e. The molecule has 5 heteroatoms. The molecule has 1 aliphatic rings. The van der Waals surface area contributed by atoms with E-state index >= 15 is 0 Å². The summed E-state index contributed by atoms with van der Waals surface area (Å²) in [7, 11) is 0. The van der Waals surface area contributed by atoms with E-state index in [1.54, 1.807) is 48.5 Å². The van der Waals surface area contributed by atoms with Crippen molar-refractivity contribution >= 4 is 23.2 Å². The first-order valence-corrected chi connectivity index (χ1v) is 6.63. The Morgan fingerprint density at radius 1 is 0.762 bits per heavy atom. The average Bonchev–Trinajstić information content (AvgIpc) is 2.79. The van der Waals surface area contributed by atoms with E-state index in [0.29, 0.717) is 11.4 Å². The van der Waals surface area contributed by atoms with Crippen molar-refractivity contribution in [3.63, 3.8) is 0 Å². The number of hydrazine groups is 1. The Kier molecular flexibility index (Phi) is 3.41. The number of hydrogen-bond acceptors (Lipinski definition) is 3. The highest BCUT2D eigenvalue weighted by Crippen LogP contribution is 2.31. The molecular formula is C16H14N2O3. The predicted octanol–water partition coefficient (Wildman–Crippen LogP) is 1.59. The van der Waals surface area contributed by atoms with Gasteiger partial charge >= 0.3 is 0 Å². The summed E-state index contributed by atoms with van der Waals surface area (Å²) in [6.07, 6.45) is 0. The molecule has 1 N–H and O–H groups in total. The van der Waals surface area contributed by atoms with Crippen LogP contribution in [-0.4, -0.2) is 23.5 Å². The molecule has 1 fully saturated rings. The summed E-state index contributed by atoms with van der Waals surface area (Å²) in [4.78, 5) is 24.9. The molecule has 0 radical (unpaired) electrons. The van der Waals surface area contributed by atoms with E-state index < -0.39 is 24.3 Å². The third kappa shape index (κ3) is 2.17. The van der Waals surface area contributed by atoms with E-state index in [4.69, 9.17) is 0 Å². The Balaban J connectivity index is 2.10. The topological polar surface area (TPSA) is 60.9 Å². The van der Waals surface area contributed by atoms with Crippen LogP contribution in [-0.2, 0) is 9.59 Å². The molecule has 0 spiro atoms. The second-order valence-electron chi connectivity index (χ2n) is 4.71. The normalized spacial score (nSPS) is 15.9. The van der Waals surface area contributed by atoms with E-state index in [1.807, 2.05) is 12.1 Å². The molecule has 1 aliphatic heterocycles. The van der Waals surface area contributed by atoms with Crippen molar-refractivity contribution in [3.8, 4) is 0 Å². The zero-order valence-electron chi connectivity index (χ0n) is 11.2. The summed E-state index contributed by atoms with van der Waals surface area (Å²) < 4.78 is 0. The van der Waals surface area contributed by atoms with Gasteiger partial charge in [0.15, 0.2) is 0 Å². The van der Waals surface area contributed by atoms with Gasteiger partial charge in [0.1, 0.15) is 5.92 Å². The molecule has 3 rings (SSSR count). The maximum absolute atomic E-state index is 12.4. The van der Waals surface area contributed by atoms with Crippen LogP contribution < -0.4 is 10.0 Å². The fourth-order valence-electron chi connectivity index (χ4n) is 2.38. The molecule has 0 bridgehead atoms. The summed E-state index contributed by atoms with van der Waals surface area (Å²) >= 11 is 0. The van der Waals surface area contributed by atoms with E-state index in [0.717, 1.165) is 0 Å². The van der Waals surface area contributed by atoms with Crippen LogP contribution in [0.4, 0.5) is 11.4 Å². The van der Waals surface area contributed by atoms with E-state index in [1.165, 1.54) is 10.0 Å². The minimum absolute atomic E-state index is 0.419. The molecule has 0 saturated carbocycles. The van der Waals surface area contributed by atoms with Gasteiger partial charge < -0.3 is 5.11 Å². The number of nitrogens with zero attached hydrogens (tertiary/aromatic N) is 2. The molecule has 0 unspecified atom stereocenters. The number of para-hydroxylation sites is 2. The van der Waals surface area contributed by atoms with Gasteiger partial charge in [-0.2, -0.15) is 0 Å². The number of hydrogen-bond donors (Lipinski definition) is 1. The van der Waals surface area contributed by atoms with Gasteiger partial charge in [0, 0.05) is 0 Å². The molecule has 0 aliphatic carbocycles. The maximum Gasteiger partial charge on any atom is 0.261 e. The molecule has 0 atom stereocenters. The van der Waals surface area contributed by atoms with Gasteiger partial charge in [-0.3, -0.25) is 9.59 Å². The second-order valence-corrected chi connectivity index (χ2v) is 4.71. The molecule has 21 heavy (non-hydrogen) atoms. The molecular weight excluding hydrogens is 268 g/mol. The van der Waals surface area contributed by atoms with Crippen molar-refractivity contribution < 1.29 is 14.7 Å². The number of amides is 2. The van der Waals surface area contributed by atoms with Crippen molar-refractivity contribution in [2.24, 2.45) is 5.92 Å². The molecule has 5 nitrogen and oxygen atoms in total. The third-order valence-electron chi connectivity index (χ3n) is 3.40. The summed E-state index contributed by atoms with van der Waals surface area (Å²) in [5.74, 6) is -1.89. The van der Waals surface area contributed by atoms with Gasteiger partial charge in [-0.25, -0.2) is 10.0 Å². The fraction of sp³-hybridized carbons (Fsp3) is 0.125. The summed E-state index contributed by atoms with van der Waals surface area (Å²) in [6, 6.07) is 17.9. The van der Waals surface area contributed by atoms with Crippen LogP contribution in [0, 0.1) is 5.92 Å². The first-order chi connectivity index (χ1) is 10.2. The Morgan fingerprint density at radius 3 is 1.48 bits per heavy atom. The Labute approximate surface area is 122 Å². The second kappa shape index (κ2) is 5.38. The number of carbonyl (C=O) groups is 2. The molecule has 1 saturated heterocycles. The van der Waals surface area contributed by atoms with Gasteiger partial charge in [0.25, 0.3) is 11.8 Å². The molecule has 2 aromatic rings. The number of rotatable bonds is 3. The first kappa shape index (κ1) is 13.3. The van der Waals surface area contributed by atoms with Crippen LogP contribution in [0.15, 0.2) is 60.7 Å². The maximum atomic E-state index is 12.4. The zero-order chi connectivity index (χ0) is 14.8. The summed E-state index contributed by atoms with van der Waals surface area (Å²) in [5.41, 5.74) is 1.19. The summed E-state index contributed by atoms with van der Waals surface area (Å²) in [5, 5.41) is 12.0. The van der Waals surface area contributed by atoms with Crippen molar-refractivity contribution in [2.75, 3.05) is 16.6 Å². The van der Waals surface area contributed by atoms with Gasteiger partial charge in [0.05, 0.1) is 18.0 Å². The number of benzene rings is 2. The van der Waals surface area contributed by atoms with Crippen LogP contribution in [0.1, 0.15) is 0 Å². The molecule has 2 aromatic carbocycles. The number of carbonyl (C=O) groups excluding carboxylic acids is 2. The van der Waals surface area contributed by atoms with E-state index in [9.17, 15) is 14.7 Å². The smallest absolute Gasteiger partial charge is 0.261 e. The minimum atomic E-state index is -1.05. The van der Waals surface area contributed by atoms with Crippen molar-refractivity contribution in [2.45, 2.75) is 0 Å². The van der Waals surface area contributed by atoms with Crippen LogP contribution in [0.5, 0.6) is 0 Å². The predicted molar refractivity (Wildman–Crippen MR) is 78.4 cm³/mol. The lowest BCUT2D eigenvalue weighted by molar-refractivity contribution is -0.128.